The molecule has 0 aromatic heterocycles. The lowest BCUT2D eigenvalue weighted by atomic mass is 9.75. The highest BCUT2D eigenvalue weighted by atomic mass is 32.1. The highest BCUT2D eigenvalue weighted by molar-refractivity contribution is 7.81. The number of carbonyl (C=O) groups is 1. The number of nitrogens with zero attached hydrogens (tertiary/aromatic N) is 3. The maximum absolute atomic E-state index is 13.8. The molecule has 1 saturated carbocycles. The third-order valence-electron chi connectivity index (χ3n) is 7.30. The molecule has 1 spiro atoms. The van der Waals surface area contributed by atoms with Crippen molar-refractivity contribution in [3.8, 4) is 17.2 Å². The van der Waals surface area contributed by atoms with Gasteiger partial charge >= 0.3 is 0 Å². The molecule has 3 aromatic carbocycles. The van der Waals surface area contributed by atoms with E-state index in [2.05, 4.69) is 79.5 Å². The molecule has 182 valence electrons. The molecule has 1 heterocycles. The Hall–Kier alpha value is -3.69. The molecule has 6 heteroatoms. The number of nitriles is 1. The summed E-state index contributed by atoms with van der Waals surface area (Å²) < 4.78 is 0. The number of anilines is 3. The molecule has 1 aliphatic carbocycles. The van der Waals surface area contributed by atoms with Crippen molar-refractivity contribution in [2.75, 3.05) is 15.1 Å². The SMILES string of the molecule is Cc1cc(N2C(=O)C3(CCC3)N(c3ccc(-c4ccc(NC(C)C)cc4)c(C)c3)C2=S)ccc1C#N. The Morgan fingerprint density at radius 1 is 0.972 bits per heavy atom. The van der Waals surface area contributed by atoms with Crippen LogP contribution >= 0.6 is 12.2 Å². The lowest BCUT2D eigenvalue weighted by Gasteiger charge is -2.43. The van der Waals surface area contributed by atoms with Gasteiger partial charge in [-0.3, -0.25) is 9.69 Å². The van der Waals surface area contributed by atoms with Crippen LogP contribution in [-0.4, -0.2) is 22.6 Å². The Labute approximate surface area is 218 Å². The van der Waals surface area contributed by atoms with Crippen LogP contribution in [0.5, 0.6) is 0 Å². The van der Waals surface area contributed by atoms with E-state index >= 15 is 0 Å². The summed E-state index contributed by atoms with van der Waals surface area (Å²) in [4.78, 5) is 17.5. The zero-order chi connectivity index (χ0) is 25.6. The van der Waals surface area contributed by atoms with E-state index in [0.717, 1.165) is 58.6 Å². The van der Waals surface area contributed by atoms with Gasteiger partial charge in [0, 0.05) is 17.4 Å². The van der Waals surface area contributed by atoms with E-state index in [1.165, 1.54) is 0 Å². The summed E-state index contributed by atoms with van der Waals surface area (Å²) in [6.45, 7) is 8.25. The molecule has 36 heavy (non-hydrogen) atoms. The monoisotopic (exact) mass is 494 g/mol. The lowest BCUT2D eigenvalue weighted by Crippen LogP contribution is -2.55. The number of hydrogen-bond donors (Lipinski definition) is 1. The van der Waals surface area contributed by atoms with Crippen LogP contribution in [0.3, 0.4) is 0 Å². The van der Waals surface area contributed by atoms with E-state index in [-0.39, 0.29) is 5.91 Å². The average molecular weight is 495 g/mol. The minimum Gasteiger partial charge on any atom is -0.383 e. The molecule has 0 radical (unpaired) electrons. The van der Waals surface area contributed by atoms with Crippen LogP contribution < -0.4 is 15.1 Å². The van der Waals surface area contributed by atoms with Crippen molar-refractivity contribution in [3.63, 3.8) is 0 Å². The summed E-state index contributed by atoms with van der Waals surface area (Å²) in [5, 5.41) is 13.2. The standard InChI is InChI=1S/C30H30N4OS/c1-19(2)32-24-9-6-22(7-10-24)27-13-12-26(17-21(27)4)34-29(36)33(28(35)30(34)14-5-15-30)25-11-8-23(18-31)20(3)16-25/h6-13,16-17,19,32H,5,14-15H2,1-4H3. The summed E-state index contributed by atoms with van der Waals surface area (Å²) >= 11 is 5.93. The Kier molecular flexibility index (Phi) is 6.05. The Morgan fingerprint density at radius 2 is 1.64 bits per heavy atom. The van der Waals surface area contributed by atoms with Gasteiger partial charge in [-0.15, -0.1) is 0 Å². The minimum absolute atomic E-state index is 0.0258. The van der Waals surface area contributed by atoms with Gasteiger partial charge < -0.3 is 10.2 Å². The van der Waals surface area contributed by atoms with Crippen LogP contribution in [-0.2, 0) is 4.79 Å². The van der Waals surface area contributed by atoms with E-state index in [1.54, 1.807) is 11.0 Å². The van der Waals surface area contributed by atoms with E-state index in [0.29, 0.717) is 16.7 Å². The van der Waals surface area contributed by atoms with E-state index in [4.69, 9.17) is 12.2 Å². The summed E-state index contributed by atoms with van der Waals surface area (Å²) in [6, 6.07) is 22.9. The second-order valence-corrected chi connectivity index (χ2v) is 10.5. The Balaban J connectivity index is 1.49. The van der Waals surface area contributed by atoms with Gasteiger partial charge in [-0.1, -0.05) is 18.2 Å². The van der Waals surface area contributed by atoms with Crippen LogP contribution in [0.15, 0.2) is 60.7 Å². The van der Waals surface area contributed by atoms with Gasteiger partial charge in [0.25, 0.3) is 5.91 Å². The van der Waals surface area contributed by atoms with Crippen molar-refractivity contribution in [2.45, 2.75) is 58.5 Å². The Morgan fingerprint density at radius 3 is 2.19 bits per heavy atom. The highest BCUT2D eigenvalue weighted by Crippen LogP contribution is 2.48. The number of aryl methyl sites for hydroxylation is 2. The van der Waals surface area contributed by atoms with Crippen molar-refractivity contribution < 1.29 is 4.79 Å². The first kappa shape index (κ1) is 24.0. The van der Waals surface area contributed by atoms with Gasteiger partial charge in [0.15, 0.2) is 5.11 Å². The molecule has 3 aromatic rings. The number of hydrogen-bond acceptors (Lipinski definition) is 4. The predicted octanol–water partition coefficient (Wildman–Crippen LogP) is 6.72. The molecule has 1 saturated heterocycles. The van der Waals surface area contributed by atoms with Crippen molar-refractivity contribution >= 4 is 40.3 Å². The molecule has 0 atom stereocenters. The normalized spacial score (nSPS) is 16.4. The molecule has 2 aliphatic rings. The second-order valence-electron chi connectivity index (χ2n) is 10.1. The molecular formula is C30H30N4OS. The molecule has 1 N–H and O–H groups in total. The van der Waals surface area contributed by atoms with Crippen LogP contribution in [0.2, 0.25) is 0 Å². The third-order valence-corrected chi connectivity index (χ3v) is 7.67. The van der Waals surface area contributed by atoms with Crippen molar-refractivity contribution in [3.05, 3.63) is 77.4 Å². The molecule has 2 fully saturated rings. The number of carbonyl (C=O) groups excluding carboxylic acids is 1. The van der Waals surface area contributed by atoms with Gasteiger partial charge in [0.05, 0.1) is 17.3 Å². The van der Waals surface area contributed by atoms with Gasteiger partial charge in [-0.2, -0.15) is 5.26 Å². The predicted molar refractivity (Wildman–Crippen MR) is 150 cm³/mol. The number of thiocarbonyl (C=S) groups is 1. The van der Waals surface area contributed by atoms with E-state index < -0.39 is 5.54 Å². The van der Waals surface area contributed by atoms with Gasteiger partial charge in [0.2, 0.25) is 0 Å². The zero-order valence-electron chi connectivity index (χ0n) is 21.1. The summed E-state index contributed by atoms with van der Waals surface area (Å²) in [7, 11) is 0. The van der Waals surface area contributed by atoms with Crippen LogP contribution in [0.4, 0.5) is 17.1 Å². The van der Waals surface area contributed by atoms with Crippen LogP contribution in [0, 0.1) is 25.2 Å². The molecule has 0 unspecified atom stereocenters. The van der Waals surface area contributed by atoms with Gasteiger partial charge in [0.1, 0.15) is 5.54 Å². The Bertz CT molecular complexity index is 1400. The smallest absolute Gasteiger partial charge is 0.259 e. The van der Waals surface area contributed by atoms with E-state index in [1.807, 2.05) is 19.1 Å². The van der Waals surface area contributed by atoms with Crippen LogP contribution in [0.1, 0.15) is 49.8 Å². The van der Waals surface area contributed by atoms with Gasteiger partial charge in [-0.25, -0.2) is 0 Å². The number of benzene rings is 3. The molecule has 5 nitrogen and oxygen atoms in total. The lowest BCUT2D eigenvalue weighted by molar-refractivity contribution is -0.123. The van der Waals surface area contributed by atoms with Crippen LogP contribution in [0.25, 0.3) is 11.1 Å². The van der Waals surface area contributed by atoms with Crippen molar-refractivity contribution in [1.82, 2.24) is 0 Å². The molecular weight excluding hydrogens is 464 g/mol. The number of amides is 1. The average Bonchev–Trinajstić information content (AvgIpc) is 3.06. The summed E-state index contributed by atoms with van der Waals surface area (Å²) in [5.41, 5.74) is 7.03. The zero-order valence-corrected chi connectivity index (χ0v) is 21.9. The first-order valence-corrected chi connectivity index (χ1v) is 12.8. The summed E-state index contributed by atoms with van der Waals surface area (Å²) in [6.07, 6.45) is 2.56. The van der Waals surface area contributed by atoms with Crippen molar-refractivity contribution in [2.24, 2.45) is 0 Å². The molecule has 0 bridgehead atoms. The first-order chi connectivity index (χ1) is 17.2. The van der Waals surface area contributed by atoms with Gasteiger partial charge in [-0.05, 0) is 124 Å². The number of nitrogens with one attached hydrogen (secondary N) is 1. The summed E-state index contributed by atoms with van der Waals surface area (Å²) in [5.74, 6) is 0.0258. The maximum Gasteiger partial charge on any atom is 0.259 e. The second kappa shape index (κ2) is 9.07. The largest absolute Gasteiger partial charge is 0.383 e. The highest BCUT2D eigenvalue weighted by Gasteiger charge is 2.59. The fourth-order valence-corrected chi connectivity index (χ4v) is 5.78. The van der Waals surface area contributed by atoms with Crippen molar-refractivity contribution in [1.29, 1.82) is 5.26 Å². The molecule has 5 rings (SSSR count). The fraction of sp³-hybridized carbons (Fsp3) is 0.300. The fourth-order valence-electron chi connectivity index (χ4n) is 5.31. The van der Waals surface area contributed by atoms with E-state index in [9.17, 15) is 10.1 Å². The topological polar surface area (TPSA) is 59.4 Å². The first-order valence-electron chi connectivity index (χ1n) is 12.4. The number of rotatable bonds is 5. The minimum atomic E-state index is -0.628. The quantitative estimate of drug-likeness (QED) is 0.399. The maximum atomic E-state index is 13.8. The third kappa shape index (κ3) is 3.84. The molecule has 1 aliphatic heterocycles. The molecule has 1 amide bonds.